The van der Waals surface area contributed by atoms with Gasteiger partial charge in [-0.05, 0) is 31.5 Å². The Kier molecular flexibility index (Phi) is 6.31. The van der Waals surface area contributed by atoms with Crippen molar-refractivity contribution in [3.05, 3.63) is 34.9 Å². The van der Waals surface area contributed by atoms with Crippen LogP contribution >= 0.6 is 11.6 Å². The minimum Gasteiger partial charge on any atom is -0.450 e. The molecule has 0 unspecified atom stereocenters. The van der Waals surface area contributed by atoms with Crippen molar-refractivity contribution in [1.29, 1.82) is 0 Å². The van der Waals surface area contributed by atoms with E-state index in [1.165, 1.54) is 0 Å². The van der Waals surface area contributed by atoms with Crippen LogP contribution in [0.5, 0.6) is 0 Å². The number of carbonyl (C=O) groups excluding carboxylic acids is 2. The van der Waals surface area contributed by atoms with Crippen molar-refractivity contribution in [2.75, 3.05) is 26.3 Å². The molecule has 0 aromatic heterocycles. The highest BCUT2D eigenvalue weighted by atomic mass is 35.5. The SMILES string of the molecule is CCOC(=O)OC1(c2cccc(Cl)c2)CCN(C(=O)OCC)CC1. The van der Waals surface area contributed by atoms with E-state index in [0.29, 0.717) is 37.6 Å². The normalized spacial score (nSPS) is 16.4. The number of nitrogens with zero attached hydrogens (tertiary/aromatic N) is 1. The minimum atomic E-state index is -0.861. The Bertz CT molecular complexity index is 584. The highest BCUT2D eigenvalue weighted by Crippen LogP contribution is 2.38. The number of hydrogen-bond acceptors (Lipinski definition) is 5. The summed E-state index contributed by atoms with van der Waals surface area (Å²) < 4.78 is 15.6. The van der Waals surface area contributed by atoms with E-state index in [1.807, 2.05) is 12.1 Å². The van der Waals surface area contributed by atoms with Crippen molar-refractivity contribution < 1.29 is 23.8 Å². The van der Waals surface area contributed by atoms with Crippen LogP contribution in [0.3, 0.4) is 0 Å². The molecule has 1 aromatic rings. The molecule has 6 nitrogen and oxygen atoms in total. The Labute approximate surface area is 146 Å². The highest BCUT2D eigenvalue weighted by Gasteiger charge is 2.42. The third kappa shape index (κ3) is 4.32. The van der Waals surface area contributed by atoms with Gasteiger partial charge in [0.2, 0.25) is 0 Å². The molecule has 0 saturated carbocycles. The topological polar surface area (TPSA) is 65.1 Å². The van der Waals surface area contributed by atoms with Crippen molar-refractivity contribution in [2.24, 2.45) is 0 Å². The highest BCUT2D eigenvalue weighted by molar-refractivity contribution is 6.30. The van der Waals surface area contributed by atoms with E-state index >= 15 is 0 Å². The Morgan fingerprint density at radius 1 is 1.17 bits per heavy atom. The van der Waals surface area contributed by atoms with Gasteiger partial charge < -0.3 is 19.1 Å². The number of piperidine rings is 1. The first-order valence-electron chi connectivity index (χ1n) is 8.04. The first-order valence-corrected chi connectivity index (χ1v) is 8.42. The fraction of sp³-hybridized carbons (Fsp3) is 0.529. The summed E-state index contributed by atoms with van der Waals surface area (Å²) >= 11 is 6.09. The molecule has 0 spiro atoms. The number of ether oxygens (including phenoxy) is 3. The third-order valence-corrected chi connectivity index (χ3v) is 4.22. The van der Waals surface area contributed by atoms with Crippen LogP contribution in [0, 0.1) is 0 Å². The molecule has 0 atom stereocenters. The number of benzene rings is 1. The molecule has 1 heterocycles. The van der Waals surface area contributed by atoms with E-state index in [9.17, 15) is 9.59 Å². The predicted molar refractivity (Wildman–Crippen MR) is 89.1 cm³/mol. The molecular formula is C17H22ClNO5. The lowest BCUT2D eigenvalue weighted by Gasteiger charge is -2.40. The zero-order valence-electron chi connectivity index (χ0n) is 13.9. The van der Waals surface area contributed by atoms with Gasteiger partial charge in [0.15, 0.2) is 0 Å². The van der Waals surface area contributed by atoms with Gasteiger partial charge >= 0.3 is 12.2 Å². The molecule has 0 N–H and O–H groups in total. The van der Waals surface area contributed by atoms with Crippen molar-refractivity contribution >= 4 is 23.8 Å². The maximum atomic E-state index is 11.9. The van der Waals surface area contributed by atoms with Crippen LogP contribution < -0.4 is 0 Å². The number of amides is 1. The van der Waals surface area contributed by atoms with Gasteiger partial charge in [-0.3, -0.25) is 0 Å². The fourth-order valence-corrected chi connectivity index (χ4v) is 2.98. The number of carbonyl (C=O) groups is 2. The predicted octanol–water partition coefficient (Wildman–Crippen LogP) is 3.96. The number of hydrogen-bond donors (Lipinski definition) is 0. The summed E-state index contributed by atoms with van der Waals surface area (Å²) in [5.41, 5.74) is -0.0632. The quantitative estimate of drug-likeness (QED) is 0.765. The van der Waals surface area contributed by atoms with Crippen LogP contribution in [-0.4, -0.2) is 43.5 Å². The van der Waals surface area contributed by atoms with Gasteiger partial charge in [-0.25, -0.2) is 9.59 Å². The second kappa shape index (κ2) is 8.24. The summed E-state index contributed by atoms with van der Waals surface area (Å²) in [6.07, 6.45) is -0.175. The average molecular weight is 356 g/mol. The lowest BCUT2D eigenvalue weighted by atomic mass is 9.84. The molecule has 132 valence electrons. The van der Waals surface area contributed by atoms with Gasteiger partial charge in [0.05, 0.1) is 13.2 Å². The largest absolute Gasteiger partial charge is 0.509 e. The molecular weight excluding hydrogens is 334 g/mol. The van der Waals surface area contributed by atoms with E-state index < -0.39 is 11.8 Å². The molecule has 1 aliphatic heterocycles. The summed E-state index contributed by atoms with van der Waals surface area (Å²) in [7, 11) is 0. The summed E-state index contributed by atoms with van der Waals surface area (Å²) in [4.78, 5) is 25.4. The van der Waals surface area contributed by atoms with Crippen molar-refractivity contribution in [3.8, 4) is 0 Å². The van der Waals surface area contributed by atoms with Crippen LogP contribution in [0.2, 0.25) is 5.02 Å². The van der Waals surface area contributed by atoms with Crippen molar-refractivity contribution in [1.82, 2.24) is 4.90 Å². The Morgan fingerprint density at radius 2 is 1.83 bits per heavy atom. The van der Waals surface area contributed by atoms with Crippen LogP contribution in [-0.2, 0) is 19.8 Å². The summed E-state index contributed by atoms with van der Waals surface area (Å²) in [5.74, 6) is 0. The molecule has 7 heteroatoms. The smallest absolute Gasteiger partial charge is 0.450 e. The summed E-state index contributed by atoms with van der Waals surface area (Å²) in [6, 6.07) is 7.22. The van der Waals surface area contributed by atoms with E-state index in [4.69, 9.17) is 25.8 Å². The lowest BCUT2D eigenvalue weighted by Crippen LogP contribution is -2.47. The van der Waals surface area contributed by atoms with Crippen LogP contribution in [0.1, 0.15) is 32.3 Å². The van der Waals surface area contributed by atoms with Crippen molar-refractivity contribution in [2.45, 2.75) is 32.3 Å². The third-order valence-electron chi connectivity index (χ3n) is 3.99. The molecule has 1 fully saturated rings. The Balaban J connectivity index is 2.20. The molecule has 1 saturated heterocycles. The second-order valence-corrected chi connectivity index (χ2v) is 5.91. The average Bonchev–Trinajstić information content (AvgIpc) is 2.56. The van der Waals surface area contributed by atoms with Gasteiger partial charge in [-0.2, -0.15) is 0 Å². The molecule has 1 aromatic carbocycles. The molecule has 1 amide bonds. The number of rotatable bonds is 4. The zero-order valence-corrected chi connectivity index (χ0v) is 14.7. The molecule has 0 bridgehead atoms. The maximum Gasteiger partial charge on any atom is 0.509 e. The zero-order chi connectivity index (χ0) is 17.6. The Morgan fingerprint density at radius 3 is 2.42 bits per heavy atom. The van der Waals surface area contributed by atoms with E-state index in [2.05, 4.69) is 0 Å². The molecule has 24 heavy (non-hydrogen) atoms. The van der Waals surface area contributed by atoms with Gasteiger partial charge in [-0.15, -0.1) is 0 Å². The molecule has 2 rings (SSSR count). The van der Waals surface area contributed by atoms with E-state index in [-0.39, 0.29) is 12.7 Å². The van der Waals surface area contributed by atoms with E-state index in [1.54, 1.807) is 30.9 Å². The number of likely N-dealkylation sites (tertiary alicyclic amines) is 1. The summed E-state index contributed by atoms with van der Waals surface area (Å²) in [5, 5.41) is 0.562. The van der Waals surface area contributed by atoms with Crippen LogP contribution in [0.15, 0.2) is 24.3 Å². The molecule has 1 aliphatic rings. The first kappa shape index (κ1) is 18.4. The van der Waals surface area contributed by atoms with Crippen molar-refractivity contribution in [3.63, 3.8) is 0 Å². The summed E-state index contributed by atoms with van der Waals surface area (Å²) in [6.45, 7) is 4.89. The molecule has 0 aliphatic carbocycles. The first-order chi connectivity index (χ1) is 11.5. The lowest BCUT2D eigenvalue weighted by molar-refractivity contribution is -0.0686. The minimum absolute atomic E-state index is 0.236. The molecule has 0 radical (unpaired) electrons. The monoisotopic (exact) mass is 355 g/mol. The Hall–Kier alpha value is -1.95. The van der Waals surface area contributed by atoms with Gasteiger partial charge in [0.25, 0.3) is 0 Å². The standard InChI is InChI=1S/C17H22ClNO5/c1-3-22-15(20)19-10-8-17(9-11-19,24-16(21)23-4-2)13-6-5-7-14(18)12-13/h5-7,12H,3-4,8-11H2,1-2H3. The fourth-order valence-electron chi connectivity index (χ4n) is 2.79. The van der Waals surface area contributed by atoms with Gasteiger partial charge in [-0.1, -0.05) is 23.7 Å². The number of halogens is 1. The van der Waals surface area contributed by atoms with Crippen LogP contribution in [0.25, 0.3) is 0 Å². The van der Waals surface area contributed by atoms with Gasteiger partial charge in [0.1, 0.15) is 5.60 Å². The second-order valence-electron chi connectivity index (χ2n) is 5.48. The van der Waals surface area contributed by atoms with Gasteiger partial charge in [0, 0.05) is 31.0 Å². The maximum absolute atomic E-state index is 11.9. The van der Waals surface area contributed by atoms with E-state index in [0.717, 1.165) is 5.56 Å². The van der Waals surface area contributed by atoms with Crippen LogP contribution in [0.4, 0.5) is 9.59 Å².